The molecule has 0 unspecified atom stereocenters. The third-order valence-corrected chi connectivity index (χ3v) is 15.6. The molecule has 2 bridgehead atoms. The quantitative estimate of drug-likeness (QED) is 0.194. The van der Waals surface area contributed by atoms with Crippen LogP contribution < -0.4 is 10.4 Å². The number of hydrogen-bond acceptors (Lipinski definition) is 5. The van der Waals surface area contributed by atoms with Crippen LogP contribution in [0.4, 0.5) is 0 Å². The highest BCUT2D eigenvalue weighted by molar-refractivity contribution is 6.99. The van der Waals surface area contributed by atoms with E-state index in [1.54, 1.807) is 0 Å². The normalized spacial score (nSPS) is 31.2. The summed E-state index contributed by atoms with van der Waals surface area (Å²) in [5.74, 6) is 1.15. The Hall–Kier alpha value is -2.28. The summed E-state index contributed by atoms with van der Waals surface area (Å²) in [5, 5.41) is 2.46. The largest absolute Gasteiger partial charge is 0.459 e. The van der Waals surface area contributed by atoms with Crippen molar-refractivity contribution in [2.45, 2.75) is 103 Å². The topological polar surface area (TPSA) is 61.8 Å². The van der Waals surface area contributed by atoms with Crippen LogP contribution in [0.15, 0.2) is 60.7 Å². The fourth-order valence-corrected chi connectivity index (χ4v) is 13.5. The molecule has 2 heterocycles. The summed E-state index contributed by atoms with van der Waals surface area (Å²) in [6.45, 7) is 15.6. The lowest BCUT2D eigenvalue weighted by atomic mass is 9.59. The van der Waals surface area contributed by atoms with Gasteiger partial charge in [-0.15, -0.1) is 0 Å². The molecular weight excluding hydrogens is 540 g/mol. The number of Topliss-reactive ketones (excluding diaryl/α,β-unsaturated/α-hetero) is 1. The van der Waals surface area contributed by atoms with Gasteiger partial charge in [-0.2, -0.15) is 0 Å². The first-order chi connectivity index (χ1) is 19.9. The molecule has 6 heteroatoms. The minimum absolute atomic E-state index is 0.0647. The third-order valence-electron chi connectivity index (χ3n) is 10.5. The number of ether oxygens (including phenoxy) is 2. The maximum absolute atomic E-state index is 13.7. The van der Waals surface area contributed by atoms with Crippen molar-refractivity contribution in [3.63, 3.8) is 0 Å². The van der Waals surface area contributed by atoms with Gasteiger partial charge in [0.1, 0.15) is 11.4 Å². The standard InChI is InChI=1S/C36H50O5Si/c1-24(2)28-20-21-36(7,41-25(3)37)33-31-23-30(38)29(34(40-31)32(28)33)19-14-22-39-42(35(4,5)6,26-15-10-8-11-16-26)27-17-12-9-13-18-27/h8-13,15-18,24,28-29,31-34H,14,19-23H2,1-7H3/t28-,29-,31-,32-,33-,34+,36-/m1/s1. The molecule has 0 N–H and O–H groups in total. The Bertz CT molecular complexity index is 1200. The fraction of sp³-hybridized carbons (Fsp3) is 0.611. The van der Waals surface area contributed by atoms with E-state index in [0.29, 0.717) is 30.6 Å². The molecule has 2 aromatic rings. The molecule has 5 nitrogen and oxygen atoms in total. The van der Waals surface area contributed by atoms with Crippen molar-refractivity contribution in [3.8, 4) is 0 Å². The van der Waals surface area contributed by atoms with Crippen LogP contribution in [0.5, 0.6) is 0 Å². The van der Waals surface area contributed by atoms with E-state index in [4.69, 9.17) is 13.9 Å². The highest BCUT2D eigenvalue weighted by Crippen LogP contribution is 2.58. The van der Waals surface area contributed by atoms with Crippen molar-refractivity contribution in [1.82, 2.24) is 0 Å². The van der Waals surface area contributed by atoms with Crippen LogP contribution in [-0.2, 0) is 23.5 Å². The molecule has 5 rings (SSSR count). The summed E-state index contributed by atoms with van der Waals surface area (Å²) in [4.78, 5) is 25.8. The van der Waals surface area contributed by atoms with Gasteiger partial charge in [0.2, 0.25) is 0 Å². The van der Waals surface area contributed by atoms with Crippen molar-refractivity contribution in [1.29, 1.82) is 0 Å². The molecular formula is C36H50O5Si. The van der Waals surface area contributed by atoms with Crippen molar-refractivity contribution in [2.24, 2.45) is 29.6 Å². The summed E-state index contributed by atoms with van der Waals surface area (Å²) in [6, 6.07) is 21.4. The maximum Gasteiger partial charge on any atom is 0.303 e. The van der Waals surface area contributed by atoms with Gasteiger partial charge in [-0.25, -0.2) is 0 Å². The predicted molar refractivity (Wildman–Crippen MR) is 169 cm³/mol. The van der Waals surface area contributed by atoms with Crippen molar-refractivity contribution in [2.75, 3.05) is 6.61 Å². The number of benzene rings is 2. The van der Waals surface area contributed by atoms with Gasteiger partial charge in [-0.05, 0) is 65.8 Å². The molecule has 2 saturated heterocycles. The van der Waals surface area contributed by atoms with E-state index < -0.39 is 13.9 Å². The zero-order chi connectivity index (χ0) is 30.3. The molecule has 0 radical (unpaired) electrons. The molecule has 0 amide bonds. The average molecular weight is 591 g/mol. The molecule has 0 aromatic heterocycles. The second kappa shape index (κ2) is 12.0. The molecule has 3 aliphatic rings. The summed E-state index contributed by atoms with van der Waals surface area (Å²) in [7, 11) is -2.62. The number of hydrogen-bond donors (Lipinski definition) is 0. The third kappa shape index (κ3) is 5.55. The van der Waals surface area contributed by atoms with E-state index in [-0.39, 0.29) is 41.0 Å². The zero-order valence-corrected chi connectivity index (χ0v) is 27.6. The monoisotopic (exact) mass is 590 g/mol. The van der Waals surface area contributed by atoms with Gasteiger partial charge in [0.05, 0.1) is 12.2 Å². The molecule has 1 saturated carbocycles. The number of esters is 1. The Morgan fingerprint density at radius 3 is 2.17 bits per heavy atom. The summed E-state index contributed by atoms with van der Waals surface area (Å²) < 4.78 is 19.9. The predicted octanol–water partition coefficient (Wildman–Crippen LogP) is 6.32. The number of ketones is 1. The summed E-state index contributed by atoms with van der Waals surface area (Å²) >= 11 is 0. The summed E-state index contributed by atoms with van der Waals surface area (Å²) in [6.07, 6.45) is 3.52. The smallest absolute Gasteiger partial charge is 0.303 e. The molecule has 3 fully saturated rings. The van der Waals surface area contributed by atoms with E-state index in [2.05, 4.69) is 102 Å². The highest BCUT2D eigenvalue weighted by Gasteiger charge is 2.64. The molecule has 7 atom stereocenters. The van der Waals surface area contributed by atoms with Gasteiger partial charge < -0.3 is 13.9 Å². The zero-order valence-electron chi connectivity index (χ0n) is 26.6. The average Bonchev–Trinajstić information content (AvgIpc) is 3.25. The van der Waals surface area contributed by atoms with Crippen LogP contribution in [0.1, 0.15) is 80.6 Å². The van der Waals surface area contributed by atoms with Crippen LogP contribution >= 0.6 is 0 Å². The first-order valence-corrected chi connectivity index (χ1v) is 17.9. The Labute approximate surface area is 253 Å². The Balaban J connectivity index is 1.37. The van der Waals surface area contributed by atoms with E-state index >= 15 is 0 Å². The molecule has 42 heavy (non-hydrogen) atoms. The van der Waals surface area contributed by atoms with Crippen LogP contribution in [0, 0.1) is 29.6 Å². The van der Waals surface area contributed by atoms with Crippen LogP contribution in [-0.4, -0.2) is 44.5 Å². The second-order valence-corrected chi connectivity index (χ2v) is 18.8. The number of carbonyl (C=O) groups excluding carboxylic acids is 2. The van der Waals surface area contributed by atoms with Gasteiger partial charge in [0, 0.05) is 31.8 Å². The van der Waals surface area contributed by atoms with Crippen LogP contribution in [0.2, 0.25) is 5.04 Å². The molecule has 0 spiro atoms. The molecule has 2 aliphatic heterocycles. The lowest BCUT2D eigenvalue weighted by Crippen LogP contribution is -2.66. The Morgan fingerprint density at radius 1 is 1.05 bits per heavy atom. The molecule has 228 valence electrons. The number of rotatable bonds is 9. The van der Waals surface area contributed by atoms with Gasteiger partial charge in [0.25, 0.3) is 8.32 Å². The molecule has 1 aliphatic carbocycles. The van der Waals surface area contributed by atoms with E-state index in [0.717, 1.165) is 25.7 Å². The SMILES string of the molecule is CC(=O)O[C@]1(C)CC[C@H](C(C)C)[C@H]2[C@H]3O[C@H](CC(=O)[C@H]3CCCO[Si](c3ccccc3)(c3ccccc3)C(C)(C)C)[C@H]21. The first kappa shape index (κ1) is 31.2. The summed E-state index contributed by atoms with van der Waals surface area (Å²) in [5.41, 5.74) is -0.580. The van der Waals surface area contributed by atoms with E-state index in [9.17, 15) is 9.59 Å². The van der Waals surface area contributed by atoms with Gasteiger partial charge >= 0.3 is 5.97 Å². The van der Waals surface area contributed by atoms with E-state index in [1.807, 2.05) is 0 Å². The lowest BCUT2D eigenvalue weighted by Gasteiger charge is -2.48. The minimum atomic E-state index is -2.62. The first-order valence-electron chi connectivity index (χ1n) is 16.0. The van der Waals surface area contributed by atoms with Crippen LogP contribution in [0.25, 0.3) is 0 Å². The van der Waals surface area contributed by atoms with Gasteiger partial charge in [0.15, 0.2) is 0 Å². The number of carbonyl (C=O) groups is 2. The van der Waals surface area contributed by atoms with E-state index in [1.165, 1.54) is 17.3 Å². The maximum atomic E-state index is 13.7. The van der Waals surface area contributed by atoms with Crippen molar-refractivity contribution >= 4 is 30.4 Å². The van der Waals surface area contributed by atoms with Crippen molar-refractivity contribution in [3.05, 3.63) is 60.7 Å². The Kier molecular flexibility index (Phi) is 8.91. The highest BCUT2D eigenvalue weighted by atomic mass is 28.4. The minimum Gasteiger partial charge on any atom is -0.459 e. The fourth-order valence-electron chi connectivity index (χ4n) is 8.86. The molecule has 2 aromatic carbocycles. The second-order valence-electron chi connectivity index (χ2n) is 14.5. The lowest BCUT2D eigenvalue weighted by molar-refractivity contribution is -0.173. The Morgan fingerprint density at radius 2 is 1.64 bits per heavy atom. The van der Waals surface area contributed by atoms with Gasteiger partial charge in [-0.3, -0.25) is 9.59 Å². The number of fused-ring (bicyclic) bond motifs is 5. The van der Waals surface area contributed by atoms with Gasteiger partial charge in [-0.1, -0.05) is 95.3 Å². The van der Waals surface area contributed by atoms with Crippen molar-refractivity contribution < 1.29 is 23.5 Å². The van der Waals surface area contributed by atoms with Crippen LogP contribution in [0.3, 0.4) is 0 Å².